The van der Waals surface area contributed by atoms with E-state index in [4.69, 9.17) is 4.74 Å². The molecule has 2 aromatic rings. The van der Waals surface area contributed by atoms with E-state index in [1.54, 1.807) is 6.92 Å². The summed E-state index contributed by atoms with van der Waals surface area (Å²) in [4.78, 5) is 27.1. The van der Waals surface area contributed by atoms with E-state index < -0.39 is 17.7 Å². The molecular weight excluding hydrogens is 366 g/mol. The number of Topliss-reactive ketones (excluding diaryl/α,β-unsaturated/α-hetero) is 1. The van der Waals surface area contributed by atoms with E-state index >= 15 is 0 Å². The Morgan fingerprint density at radius 3 is 2.41 bits per heavy atom. The van der Waals surface area contributed by atoms with E-state index in [0.29, 0.717) is 24.0 Å². The van der Waals surface area contributed by atoms with Crippen LogP contribution >= 0.6 is 0 Å². The molecule has 0 spiro atoms. The molecular formula is C24H27NO4. The molecule has 1 aliphatic rings. The van der Waals surface area contributed by atoms with Crippen LogP contribution in [-0.2, 0) is 9.59 Å². The van der Waals surface area contributed by atoms with Gasteiger partial charge in [-0.1, -0.05) is 45.0 Å². The minimum absolute atomic E-state index is 0.138. The number of anilines is 1. The summed E-state index contributed by atoms with van der Waals surface area (Å²) in [6.07, 6.45) is 0.203. The molecule has 152 valence electrons. The first-order chi connectivity index (χ1) is 13.9. The molecule has 5 heteroatoms. The normalized spacial score (nSPS) is 16.7. The molecule has 0 radical (unpaired) electrons. The average molecular weight is 393 g/mol. The maximum atomic E-state index is 13.0. The third-order valence-electron chi connectivity index (χ3n) is 5.15. The highest BCUT2D eigenvalue weighted by Crippen LogP contribution is 2.42. The molecule has 5 nitrogen and oxygen atoms in total. The number of carbonyl (C=O) groups is 2. The van der Waals surface area contributed by atoms with Crippen LogP contribution in [-0.4, -0.2) is 23.4 Å². The van der Waals surface area contributed by atoms with Gasteiger partial charge in [0.15, 0.2) is 11.5 Å². The molecule has 29 heavy (non-hydrogen) atoms. The fraction of sp³-hybridized carbons (Fsp3) is 0.333. The third kappa shape index (κ3) is 3.90. The quantitative estimate of drug-likeness (QED) is 0.712. The van der Waals surface area contributed by atoms with Gasteiger partial charge in [-0.2, -0.15) is 0 Å². The summed E-state index contributed by atoms with van der Waals surface area (Å²) in [5, 5.41) is 10.6. The Kier molecular flexibility index (Phi) is 6.06. The van der Waals surface area contributed by atoms with Crippen molar-refractivity contribution in [3.63, 3.8) is 0 Å². The van der Waals surface area contributed by atoms with E-state index in [2.05, 4.69) is 13.8 Å². The number of aliphatic hydroxyl groups excluding tert-OH is 1. The molecule has 1 amide bonds. The number of rotatable bonds is 7. The number of amides is 1. The number of ketones is 1. The van der Waals surface area contributed by atoms with Crippen molar-refractivity contribution in [2.75, 3.05) is 11.5 Å². The van der Waals surface area contributed by atoms with Crippen molar-refractivity contribution in [2.45, 2.75) is 46.1 Å². The van der Waals surface area contributed by atoms with Gasteiger partial charge in [0.1, 0.15) is 5.75 Å². The standard InChI is InChI=1S/C24H27NO4/c1-5-20(26)21-22(17-8-7-9-19(14-17)29-6-2)25(24(28)23(21)27)18-12-10-16(11-13-18)15(3)4/h7-15,22,27H,5-6H2,1-4H3. The van der Waals surface area contributed by atoms with Crippen molar-refractivity contribution in [3.05, 3.63) is 71.0 Å². The van der Waals surface area contributed by atoms with Gasteiger partial charge in [-0.25, -0.2) is 0 Å². The van der Waals surface area contributed by atoms with Gasteiger partial charge in [-0.3, -0.25) is 14.5 Å². The number of ether oxygens (including phenoxy) is 1. The zero-order valence-corrected chi connectivity index (χ0v) is 17.3. The van der Waals surface area contributed by atoms with Gasteiger partial charge in [0, 0.05) is 12.1 Å². The Labute approximate surface area is 171 Å². The molecule has 2 aromatic carbocycles. The van der Waals surface area contributed by atoms with E-state index in [0.717, 1.165) is 11.1 Å². The van der Waals surface area contributed by atoms with Crippen LogP contribution in [0.2, 0.25) is 0 Å². The number of benzene rings is 2. The highest BCUT2D eigenvalue weighted by atomic mass is 16.5. The molecule has 3 rings (SSSR count). The van der Waals surface area contributed by atoms with Crippen LogP contribution in [0, 0.1) is 0 Å². The lowest BCUT2D eigenvalue weighted by Crippen LogP contribution is -2.31. The lowest BCUT2D eigenvalue weighted by Gasteiger charge is -2.27. The monoisotopic (exact) mass is 393 g/mol. The zero-order chi connectivity index (χ0) is 21.1. The molecule has 0 fully saturated rings. The number of hydrogen-bond donors (Lipinski definition) is 1. The van der Waals surface area contributed by atoms with Crippen molar-refractivity contribution >= 4 is 17.4 Å². The van der Waals surface area contributed by atoms with Crippen molar-refractivity contribution in [1.82, 2.24) is 0 Å². The smallest absolute Gasteiger partial charge is 0.294 e. The largest absolute Gasteiger partial charge is 0.503 e. The summed E-state index contributed by atoms with van der Waals surface area (Å²) in [5.41, 5.74) is 2.64. The highest BCUT2D eigenvalue weighted by Gasteiger charge is 2.43. The molecule has 1 unspecified atom stereocenters. The molecule has 1 atom stereocenters. The third-order valence-corrected chi connectivity index (χ3v) is 5.15. The van der Waals surface area contributed by atoms with Gasteiger partial charge >= 0.3 is 0 Å². The van der Waals surface area contributed by atoms with Crippen LogP contribution in [0.4, 0.5) is 5.69 Å². The SMILES string of the molecule is CCOc1cccc(C2C(C(=O)CC)=C(O)C(=O)N2c2ccc(C(C)C)cc2)c1. The second kappa shape index (κ2) is 8.52. The highest BCUT2D eigenvalue weighted by molar-refractivity contribution is 6.16. The van der Waals surface area contributed by atoms with Gasteiger partial charge in [0.2, 0.25) is 0 Å². The number of carbonyl (C=O) groups excluding carboxylic acids is 2. The first-order valence-electron chi connectivity index (χ1n) is 10.0. The van der Waals surface area contributed by atoms with Crippen molar-refractivity contribution in [2.24, 2.45) is 0 Å². The van der Waals surface area contributed by atoms with Crippen molar-refractivity contribution < 1.29 is 19.4 Å². The van der Waals surface area contributed by atoms with Crippen LogP contribution in [0.15, 0.2) is 59.9 Å². The fourth-order valence-corrected chi connectivity index (χ4v) is 3.62. The van der Waals surface area contributed by atoms with Crippen LogP contribution < -0.4 is 9.64 Å². The molecule has 1 heterocycles. The Bertz CT molecular complexity index is 944. The van der Waals surface area contributed by atoms with E-state index in [1.165, 1.54) is 4.90 Å². The Balaban J connectivity index is 2.12. The summed E-state index contributed by atoms with van der Waals surface area (Å²) in [7, 11) is 0. The molecule has 0 bridgehead atoms. The van der Waals surface area contributed by atoms with Gasteiger partial charge in [0.25, 0.3) is 5.91 Å². The maximum absolute atomic E-state index is 13.0. The molecule has 0 aliphatic carbocycles. The summed E-state index contributed by atoms with van der Waals surface area (Å²) in [5.74, 6) is -0.269. The first kappa shape index (κ1) is 20.6. The van der Waals surface area contributed by atoms with Crippen LogP contribution in [0.1, 0.15) is 57.2 Å². The van der Waals surface area contributed by atoms with Crippen LogP contribution in [0.25, 0.3) is 0 Å². The molecule has 0 saturated heterocycles. The Morgan fingerprint density at radius 1 is 1.14 bits per heavy atom. The van der Waals surface area contributed by atoms with E-state index in [-0.39, 0.29) is 17.8 Å². The molecule has 0 aromatic heterocycles. The molecule has 1 aliphatic heterocycles. The second-order valence-electron chi connectivity index (χ2n) is 7.37. The van der Waals surface area contributed by atoms with Crippen LogP contribution in [0.3, 0.4) is 0 Å². The number of aliphatic hydroxyl groups is 1. The summed E-state index contributed by atoms with van der Waals surface area (Å²) >= 11 is 0. The Hall–Kier alpha value is -3.08. The van der Waals surface area contributed by atoms with Gasteiger partial charge < -0.3 is 9.84 Å². The topological polar surface area (TPSA) is 66.8 Å². The summed E-state index contributed by atoms with van der Waals surface area (Å²) in [6, 6.07) is 14.3. The lowest BCUT2D eigenvalue weighted by atomic mass is 9.94. The first-order valence-corrected chi connectivity index (χ1v) is 10.0. The fourth-order valence-electron chi connectivity index (χ4n) is 3.62. The molecule has 1 N–H and O–H groups in total. The Morgan fingerprint density at radius 2 is 1.83 bits per heavy atom. The van der Waals surface area contributed by atoms with Gasteiger partial charge in [0.05, 0.1) is 18.2 Å². The minimum Gasteiger partial charge on any atom is -0.503 e. The van der Waals surface area contributed by atoms with Crippen LogP contribution in [0.5, 0.6) is 5.75 Å². The number of nitrogens with zero attached hydrogens (tertiary/aromatic N) is 1. The number of hydrogen-bond acceptors (Lipinski definition) is 4. The summed E-state index contributed by atoms with van der Waals surface area (Å²) in [6.45, 7) is 8.33. The van der Waals surface area contributed by atoms with E-state index in [1.807, 2.05) is 55.5 Å². The zero-order valence-electron chi connectivity index (χ0n) is 17.3. The minimum atomic E-state index is -0.694. The predicted octanol–water partition coefficient (Wildman–Crippen LogP) is 5.09. The average Bonchev–Trinajstić information content (AvgIpc) is 2.99. The van der Waals surface area contributed by atoms with Gasteiger partial charge in [-0.05, 0) is 48.2 Å². The second-order valence-corrected chi connectivity index (χ2v) is 7.37. The van der Waals surface area contributed by atoms with Gasteiger partial charge in [-0.15, -0.1) is 0 Å². The maximum Gasteiger partial charge on any atom is 0.294 e. The van der Waals surface area contributed by atoms with Crippen molar-refractivity contribution in [3.8, 4) is 5.75 Å². The van der Waals surface area contributed by atoms with E-state index in [9.17, 15) is 14.7 Å². The van der Waals surface area contributed by atoms with Crippen molar-refractivity contribution in [1.29, 1.82) is 0 Å². The molecule has 0 saturated carbocycles. The lowest BCUT2D eigenvalue weighted by molar-refractivity contribution is -0.118. The summed E-state index contributed by atoms with van der Waals surface area (Å²) < 4.78 is 5.60. The predicted molar refractivity (Wildman–Crippen MR) is 113 cm³/mol.